The number of carbonyl (C=O) groups is 1. The van der Waals surface area contributed by atoms with Gasteiger partial charge in [0, 0.05) is 21.8 Å². The number of rotatable bonds is 7. The predicted octanol–water partition coefficient (Wildman–Crippen LogP) is 6.62. The molecule has 0 radical (unpaired) electrons. The van der Waals surface area contributed by atoms with Gasteiger partial charge < -0.3 is 15.0 Å². The van der Waals surface area contributed by atoms with Gasteiger partial charge in [0.25, 0.3) is 5.91 Å². The number of aromatic nitrogens is 2. The Bertz CT molecular complexity index is 1190. The van der Waals surface area contributed by atoms with Gasteiger partial charge in [-0.3, -0.25) is 4.79 Å². The van der Waals surface area contributed by atoms with Crippen LogP contribution in [0.3, 0.4) is 0 Å². The number of halogens is 1. The van der Waals surface area contributed by atoms with Crippen molar-refractivity contribution in [3.8, 4) is 17.1 Å². The third-order valence-electron chi connectivity index (χ3n) is 5.02. The molecule has 3 aromatic carbocycles. The summed E-state index contributed by atoms with van der Waals surface area (Å²) in [6, 6.07) is 18.7. The van der Waals surface area contributed by atoms with Gasteiger partial charge in [-0.2, -0.15) is 0 Å². The number of nitrogens with zero attached hydrogens (tertiary/aromatic N) is 1. The number of benzene rings is 3. The summed E-state index contributed by atoms with van der Waals surface area (Å²) in [5, 5.41) is 3.65. The standard InChI is InChI=1S/C25H24ClN3O2/c1-3-4-11-31-20-10-6-8-18(14-20)25(30)27-19-9-5-7-17(13-19)24-28-22-12-16(2)21(26)15-23(22)29-24/h5-10,12-15H,3-4,11H2,1-2H3,(H,27,30)(H,28,29). The number of amides is 1. The minimum atomic E-state index is -0.190. The fourth-order valence-corrected chi connectivity index (χ4v) is 3.44. The van der Waals surface area contributed by atoms with Crippen molar-refractivity contribution in [3.63, 3.8) is 0 Å². The molecule has 4 aromatic rings. The quantitative estimate of drug-likeness (QED) is 0.322. The van der Waals surface area contributed by atoms with E-state index < -0.39 is 0 Å². The largest absolute Gasteiger partial charge is 0.494 e. The number of ether oxygens (including phenoxy) is 1. The first-order valence-electron chi connectivity index (χ1n) is 10.3. The molecule has 0 unspecified atom stereocenters. The molecule has 0 spiro atoms. The lowest BCUT2D eigenvalue weighted by atomic mass is 10.1. The molecule has 2 N–H and O–H groups in total. The van der Waals surface area contributed by atoms with Gasteiger partial charge in [0.05, 0.1) is 17.6 Å². The van der Waals surface area contributed by atoms with Crippen molar-refractivity contribution >= 4 is 34.2 Å². The van der Waals surface area contributed by atoms with Crippen LogP contribution in [0.1, 0.15) is 35.7 Å². The van der Waals surface area contributed by atoms with E-state index in [1.165, 1.54) is 0 Å². The van der Waals surface area contributed by atoms with Gasteiger partial charge in [0.2, 0.25) is 0 Å². The summed E-state index contributed by atoms with van der Waals surface area (Å²) >= 11 is 6.22. The van der Waals surface area contributed by atoms with Crippen LogP contribution >= 0.6 is 11.6 Å². The highest BCUT2D eigenvalue weighted by molar-refractivity contribution is 6.32. The second-order valence-electron chi connectivity index (χ2n) is 7.47. The van der Waals surface area contributed by atoms with Crippen molar-refractivity contribution < 1.29 is 9.53 Å². The second kappa shape index (κ2) is 9.23. The molecule has 1 heterocycles. The van der Waals surface area contributed by atoms with Gasteiger partial charge >= 0.3 is 0 Å². The van der Waals surface area contributed by atoms with Crippen LogP contribution in [0.4, 0.5) is 5.69 Å². The van der Waals surface area contributed by atoms with Crippen LogP contribution in [0.15, 0.2) is 60.7 Å². The summed E-state index contributed by atoms with van der Waals surface area (Å²) in [5.74, 6) is 1.23. The summed E-state index contributed by atoms with van der Waals surface area (Å²) in [5.41, 5.74) is 4.83. The molecule has 1 amide bonds. The molecule has 0 fully saturated rings. The average molecular weight is 434 g/mol. The minimum Gasteiger partial charge on any atom is -0.494 e. The summed E-state index contributed by atoms with van der Waals surface area (Å²) in [4.78, 5) is 20.7. The predicted molar refractivity (Wildman–Crippen MR) is 126 cm³/mol. The zero-order valence-corrected chi connectivity index (χ0v) is 18.3. The average Bonchev–Trinajstić information content (AvgIpc) is 3.17. The molecule has 0 atom stereocenters. The maximum absolute atomic E-state index is 12.8. The maximum atomic E-state index is 12.8. The number of hydrogen-bond acceptors (Lipinski definition) is 3. The van der Waals surface area contributed by atoms with E-state index in [1.54, 1.807) is 12.1 Å². The first-order valence-corrected chi connectivity index (χ1v) is 10.7. The van der Waals surface area contributed by atoms with Gasteiger partial charge in [-0.05, 0) is 61.4 Å². The molecule has 4 rings (SSSR count). The third kappa shape index (κ3) is 4.89. The molecule has 0 aliphatic heterocycles. The Labute approximate surface area is 186 Å². The van der Waals surface area contributed by atoms with E-state index in [-0.39, 0.29) is 5.91 Å². The molecule has 0 aliphatic rings. The fraction of sp³-hybridized carbons (Fsp3) is 0.200. The minimum absolute atomic E-state index is 0.190. The lowest BCUT2D eigenvalue weighted by molar-refractivity contribution is 0.102. The number of carbonyl (C=O) groups excluding carboxylic acids is 1. The Morgan fingerprint density at radius 3 is 2.81 bits per heavy atom. The van der Waals surface area contributed by atoms with Crippen molar-refractivity contribution in [2.75, 3.05) is 11.9 Å². The lowest BCUT2D eigenvalue weighted by Crippen LogP contribution is -2.12. The molecule has 0 saturated carbocycles. The van der Waals surface area contributed by atoms with Gasteiger partial charge in [-0.25, -0.2) is 4.98 Å². The molecule has 6 heteroatoms. The first-order chi connectivity index (χ1) is 15.0. The molecular weight excluding hydrogens is 410 g/mol. The van der Waals surface area contributed by atoms with E-state index in [2.05, 4.69) is 22.2 Å². The molecule has 0 bridgehead atoms. The third-order valence-corrected chi connectivity index (χ3v) is 5.43. The Hall–Kier alpha value is -3.31. The van der Waals surface area contributed by atoms with E-state index in [1.807, 2.05) is 55.5 Å². The summed E-state index contributed by atoms with van der Waals surface area (Å²) in [7, 11) is 0. The highest BCUT2D eigenvalue weighted by Crippen LogP contribution is 2.27. The first kappa shape index (κ1) is 20.9. The van der Waals surface area contributed by atoms with Crippen molar-refractivity contribution in [1.29, 1.82) is 0 Å². The van der Waals surface area contributed by atoms with Gasteiger partial charge in [-0.15, -0.1) is 0 Å². The van der Waals surface area contributed by atoms with Gasteiger partial charge in [0.15, 0.2) is 0 Å². The van der Waals surface area contributed by atoms with E-state index in [9.17, 15) is 4.79 Å². The Morgan fingerprint density at radius 2 is 1.97 bits per heavy atom. The molecule has 1 aromatic heterocycles. The molecule has 5 nitrogen and oxygen atoms in total. The van der Waals surface area contributed by atoms with Crippen LogP contribution in [0.25, 0.3) is 22.4 Å². The number of fused-ring (bicyclic) bond motifs is 1. The zero-order chi connectivity index (χ0) is 21.8. The van der Waals surface area contributed by atoms with Crippen LogP contribution in [-0.4, -0.2) is 22.5 Å². The normalized spacial score (nSPS) is 10.9. The summed E-state index contributed by atoms with van der Waals surface area (Å²) in [6.45, 7) is 4.72. The number of anilines is 1. The maximum Gasteiger partial charge on any atom is 0.255 e. The van der Waals surface area contributed by atoms with E-state index in [0.29, 0.717) is 28.6 Å². The fourth-order valence-electron chi connectivity index (χ4n) is 3.29. The van der Waals surface area contributed by atoms with Gasteiger partial charge in [0.1, 0.15) is 11.6 Å². The van der Waals surface area contributed by atoms with Gasteiger partial charge in [-0.1, -0.05) is 43.1 Å². The topological polar surface area (TPSA) is 67.0 Å². The van der Waals surface area contributed by atoms with E-state index in [0.717, 1.165) is 40.8 Å². The second-order valence-corrected chi connectivity index (χ2v) is 7.88. The van der Waals surface area contributed by atoms with E-state index in [4.69, 9.17) is 16.3 Å². The van der Waals surface area contributed by atoms with Crippen molar-refractivity contribution in [1.82, 2.24) is 9.97 Å². The Morgan fingerprint density at radius 1 is 1.13 bits per heavy atom. The Kier molecular flexibility index (Phi) is 6.23. The van der Waals surface area contributed by atoms with Crippen LogP contribution in [-0.2, 0) is 0 Å². The highest BCUT2D eigenvalue weighted by Gasteiger charge is 2.11. The van der Waals surface area contributed by atoms with Crippen LogP contribution in [0, 0.1) is 6.92 Å². The number of aryl methyl sites for hydroxylation is 1. The number of H-pyrrole nitrogens is 1. The number of imidazole rings is 1. The number of unbranched alkanes of at least 4 members (excludes halogenated alkanes) is 1. The molecule has 31 heavy (non-hydrogen) atoms. The van der Waals surface area contributed by atoms with Crippen molar-refractivity contribution in [2.45, 2.75) is 26.7 Å². The smallest absolute Gasteiger partial charge is 0.255 e. The van der Waals surface area contributed by atoms with E-state index >= 15 is 0 Å². The Balaban J connectivity index is 1.52. The number of hydrogen-bond donors (Lipinski definition) is 2. The van der Waals surface area contributed by atoms with Crippen molar-refractivity contribution in [2.24, 2.45) is 0 Å². The molecular formula is C25H24ClN3O2. The van der Waals surface area contributed by atoms with Crippen LogP contribution in [0.2, 0.25) is 5.02 Å². The monoisotopic (exact) mass is 433 g/mol. The summed E-state index contributed by atoms with van der Waals surface area (Å²) < 4.78 is 5.71. The highest BCUT2D eigenvalue weighted by atomic mass is 35.5. The van der Waals surface area contributed by atoms with Crippen molar-refractivity contribution in [3.05, 3.63) is 76.8 Å². The summed E-state index contributed by atoms with van der Waals surface area (Å²) in [6.07, 6.45) is 2.05. The zero-order valence-electron chi connectivity index (χ0n) is 17.5. The number of aromatic amines is 1. The SMILES string of the molecule is CCCCOc1cccc(C(=O)Nc2cccc(-c3nc4cc(Cl)c(C)cc4[nH]3)c2)c1. The molecule has 158 valence electrons. The molecule has 0 aliphatic carbocycles. The molecule has 0 saturated heterocycles. The van der Waals surface area contributed by atoms with Crippen LogP contribution < -0.4 is 10.1 Å². The van der Waals surface area contributed by atoms with Crippen LogP contribution in [0.5, 0.6) is 5.75 Å². The number of nitrogens with one attached hydrogen (secondary N) is 2. The lowest BCUT2D eigenvalue weighted by Gasteiger charge is -2.09.